The van der Waals surface area contributed by atoms with Crippen molar-refractivity contribution in [1.29, 1.82) is 0 Å². The number of rotatable bonds is 4. The number of imide groups is 1. The van der Waals surface area contributed by atoms with E-state index in [9.17, 15) is 9.59 Å². The molecule has 7 heteroatoms. The molecule has 6 rings (SSSR count). The molecule has 0 radical (unpaired) electrons. The summed E-state index contributed by atoms with van der Waals surface area (Å²) in [6.07, 6.45) is 3.53. The molecule has 3 aromatic carbocycles. The van der Waals surface area contributed by atoms with Gasteiger partial charge in [-0.3, -0.25) is 19.5 Å². The van der Waals surface area contributed by atoms with Crippen molar-refractivity contribution in [3.8, 4) is 33.8 Å². The summed E-state index contributed by atoms with van der Waals surface area (Å²) in [5.41, 5.74) is 5.01. The molecule has 0 bridgehead atoms. The van der Waals surface area contributed by atoms with Gasteiger partial charge in [0, 0.05) is 18.0 Å². The maximum atomic E-state index is 11.9. The van der Waals surface area contributed by atoms with Crippen LogP contribution in [-0.2, 0) is 11.3 Å². The molecule has 1 aromatic heterocycles. The topological polar surface area (TPSA) is 68.7 Å². The predicted octanol–water partition coefficient (Wildman–Crippen LogP) is 5.49. The van der Waals surface area contributed by atoms with Crippen LogP contribution in [-0.4, -0.2) is 33.6 Å². The first-order valence-corrected chi connectivity index (χ1v) is 11.5. The SMILES string of the molecule is O=C1CSC(=O)N1Cc1ccc2cc(-c3cc4c(c(-c5ccncc5)c3)OCO4)ccc2c1. The van der Waals surface area contributed by atoms with E-state index in [1.54, 1.807) is 12.4 Å². The Kier molecular flexibility index (Phi) is 4.77. The molecule has 2 aliphatic heterocycles. The molecule has 0 unspecified atom stereocenters. The van der Waals surface area contributed by atoms with Crippen LogP contribution < -0.4 is 9.47 Å². The lowest BCUT2D eigenvalue weighted by Crippen LogP contribution is -2.27. The van der Waals surface area contributed by atoms with E-state index in [0.29, 0.717) is 6.54 Å². The molecular weight excluding hydrogens is 436 g/mol. The predicted molar refractivity (Wildman–Crippen MR) is 127 cm³/mol. The first kappa shape index (κ1) is 19.8. The monoisotopic (exact) mass is 454 g/mol. The number of aromatic nitrogens is 1. The summed E-state index contributed by atoms with van der Waals surface area (Å²) in [4.78, 5) is 29.3. The number of thioether (sulfide) groups is 1. The molecule has 3 heterocycles. The summed E-state index contributed by atoms with van der Waals surface area (Å²) in [6.45, 7) is 0.512. The number of nitrogens with zero attached hydrogens (tertiary/aromatic N) is 2. The van der Waals surface area contributed by atoms with Crippen molar-refractivity contribution in [2.45, 2.75) is 6.54 Å². The van der Waals surface area contributed by atoms with Crippen LogP contribution in [0.2, 0.25) is 0 Å². The van der Waals surface area contributed by atoms with Gasteiger partial charge in [-0.1, -0.05) is 36.0 Å². The van der Waals surface area contributed by atoms with Gasteiger partial charge >= 0.3 is 0 Å². The van der Waals surface area contributed by atoms with Gasteiger partial charge < -0.3 is 9.47 Å². The Hall–Kier alpha value is -3.84. The minimum absolute atomic E-state index is 0.131. The maximum Gasteiger partial charge on any atom is 0.289 e. The van der Waals surface area contributed by atoms with Gasteiger partial charge in [0.15, 0.2) is 11.5 Å². The second-order valence-electron chi connectivity index (χ2n) is 7.92. The molecule has 2 aliphatic rings. The Balaban J connectivity index is 1.36. The first-order chi connectivity index (χ1) is 16.2. The maximum absolute atomic E-state index is 11.9. The van der Waals surface area contributed by atoms with E-state index in [1.807, 2.05) is 36.4 Å². The van der Waals surface area contributed by atoms with Gasteiger partial charge in [0.1, 0.15) is 0 Å². The van der Waals surface area contributed by atoms with E-state index < -0.39 is 0 Å². The Bertz CT molecular complexity index is 1410. The summed E-state index contributed by atoms with van der Waals surface area (Å²) < 4.78 is 11.4. The highest BCUT2D eigenvalue weighted by Crippen LogP contribution is 2.44. The standard InChI is InChI=1S/C26H18N2O4S/c29-24-14-33-26(30)28(24)13-16-1-2-19-10-20(4-3-18(19)9-16)21-11-22(17-5-7-27-8-6-17)25-23(12-21)31-15-32-25/h1-12H,13-15H2. The van der Waals surface area contributed by atoms with Gasteiger partial charge in [0.05, 0.1) is 12.3 Å². The van der Waals surface area contributed by atoms with Crippen molar-refractivity contribution in [2.75, 3.05) is 12.5 Å². The Morgan fingerprint density at radius 2 is 1.67 bits per heavy atom. The Morgan fingerprint density at radius 3 is 2.48 bits per heavy atom. The largest absolute Gasteiger partial charge is 0.454 e. The van der Waals surface area contributed by atoms with Crippen LogP contribution in [0.3, 0.4) is 0 Å². The number of ether oxygens (including phenoxy) is 2. The first-order valence-electron chi connectivity index (χ1n) is 10.5. The van der Waals surface area contributed by atoms with E-state index in [4.69, 9.17) is 9.47 Å². The van der Waals surface area contributed by atoms with Crippen LogP contribution in [0.4, 0.5) is 4.79 Å². The van der Waals surface area contributed by atoms with Crippen LogP contribution >= 0.6 is 11.8 Å². The van der Waals surface area contributed by atoms with E-state index in [1.165, 1.54) is 4.90 Å². The normalized spacial score (nSPS) is 15.0. The second kappa shape index (κ2) is 7.94. The number of pyridine rings is 1. The molecule has 1 fully saturated rings. The minimum Gasteiger partial charge on any atom is -0.454 e. The van der Waals surface area contributed by atoms with Crippen LogP contribution in [0.1, 0.15) is 5.56 Å². The fourth-order valence-electron chi connectivity index (χ4n) is 4.21. The lowest BCUT2D eigenvalue weighted by Gasteiger charge is -2.14. The van der Waals surface area contributed by atoms with Crippen molar-refractivity contribution < 1.29 is 19.1 Å². The Morgan fingerprint density at radius 1 is 0.848 bits per heavy atom. The lowest BCUT2D eigenvalue weighted by molar-refractivity contribution is -0.125. The molecule has 6 nitrogen and oxygen atoms in total. The quantitative estimate of drug-likeness (QED) is 0.406. The average molecular weight is 455 g/mol. The second-order valence-corrected chi connectivity index (χ2v) is 8.85. The molecule has 2 amide bonds. The van der Waals surface area contributed by atoms with Gasteiger partial charge in [0.25, 0.3) is 5.24 Å². The zero-order valence-electron chi connectivity index (χ0n) is 17.5. The molecule has 162 valence electrons. The molecule has 0 spiro atoms. The van der Waals surface area contributed by atoms with E-state index in [2.05, 4.69) is 29.2 Å². The van der Waals surface area contributed by atoms with Gasteiger partial charge in [-0.15, -0.1) is 0 Å². The third kappa shape index (κ3) is 3.60. The zero-order chi connectivity index (χ0) is 22.4. The molecule has 33 heavy (non-hydrogen) atoms. The van der Waals surface area contributed by atoms with Crippen molar-refractivity contribution in [3.63, 3.8) is 0 Å². The molecule has 0 atom stereocenters. The number of amides is 2. The number of fused-ring (bicyclic) bond motifs is 2. The molecule has 0 N–H and O–H groups in total. The molecule has 0 aliphatic carbocycles. The minimum atomic E-state index is -0.178. The fraction of sp³-hybridized carbons (Fsp3) is 0.115. The van der Waals surface area contributed by atoms with Gasteiger partial charge in [-0.05, 0) is 69.4 Å². The smallest absolute Gasteiger partial charge is 0.289 e. The third-order valence-electron chi connectivity index (χ3n) is 5.88. The average Bonchev–Trinajstić information content (AvgIpc) is 3.45. The van der Waals surface area contributed by atoms with Crippen molar-refractivity contribution in [1.82, 2.24) is 9.88 Å². The van der Waals surface area contributed by atoms with Crippen molar-refractivity contribution >= 4 is 33.7 Å². The zero-order valence-corrected chi connectivity index (χ0v) is 18.3. The summed E-state index contributed by atoms with van der Waals surface area (Å²) in [6, 6.07) is 20.3. The highest BCUT2D eigenvalue weighted by molar-refractivity contribution is 8.14. The molecule has 0 saturated carbocycles. The van der Waals surface area contributed by atoms with Crippen molar-refractivity contribution in [3.05, 3.63) is 78.6 Å². The molecule has 1 saturated heterocycles. The Labute approximate surface area is 194 Å². The third-order valence-corrected chi connectivity index (χ3v) is 6.74. The number of benzene rings is 3. The van der Waals surface area contributed by atoms with Crippen LogP contribution in [0, 0.1) is 0 Å². The fourth-order valence-corrected chi connectivity index (χ4v) is 4.94. The van der Waals surface area contributed by atoms with Crippen LogP contribution in [0.15, 0.2) is 73.1 Å². The van der Waals surface area contributed by atoms with E-state index >= 15 is 0 Å². The van der Waals surface area contributed by atoms with Gasteiger partial charge in [-0.25, -0.2) is 0 Å². The summed E-state index contributed by atoms with van der Waals surface area (Å²) in [7, 11) is 0. The van der Waals surface area contributed by atoms with E-state index in [-0.39, 0.29) is 23.7 Å². The lowest BCUT2D eigenvalue weighted by atomic mass is 9.96. The van der Waals surface area contributed by atoms with Crippen molar-refractivity contribution in [2.24, 2.45) is 0 Å². The van der Waals surface area contributed by atoms with E-state index in [0.717, 1.165) is 61.9 Å². The van der Waals surface area contributed by atoms with Crippen LogP contribution in [0.5, 0.6) is 11.5 Å². The molecule has 4 aromatic rings. The number of carbonyl (C=O) groups excluding carboxylic acids is 2. The summed E-state index contributed by atoms with van der Waals surface area (Å²) >= 11 is 1.06. The highest BCUT2D eigenvalue weighted by atomic mass is 32.2. The van der Waals surface area contributed by atoms with Gasteiger partial charge in [0.2, 0.25) is 12.7 Å². The summed E-state index contributed by atoms with van der Waals surface area (Å²) in [5, 5.41) is 1.95. The highest BCUT2D eigenvalue weighted by Gasteiger charge is 2.29. The number of hydrogen-bond donors (Lipinski definition) is 0. The summed E-state index contributed by atoms with van der Waals surface area (Å²) in [5.74, 6) is 1.58. The number of hydrogen-bond acceptors (Lipinski definition) is 6. The number of carbonyl (C=O) groups is 2. The van der Waals surface area contributed by atoms with Crippen LogP contribution in [0.25, 0.3) is 33.0 Å². The molecular formula is C26H18N2O4S. The van der Waals surface area contributed by atoms with Gasteiger partial charge in [-0.2, -0.15) is 0 Å².